The summed E-state index contributed by atoms with van der Waals surface area (Å²) in [6.07, 6.45) is 10.3. The minimum atomic E-state index is -2.35. The van der Waals surface area contributed by atoms with Crippen LogP contribution in [-0.2, 0) is 0 Å². The molecular formula is C32H60O2S2Sn2. The number of hydrogen-bond donors (Lipinski definition) is 0. The summed E-state index contributed by atoms with van der Waals surface area (Å²) in [6.45, 7) is 15.8. The number of thiophene rings is 2. The van der Waals surface area contributed by atoms with E-state index >= 15 is 0 Å². The fourth-order valence-corrected chi connectivity index (χ4v) is 20.2. The van der Waals surface area contributed by atoms with Crippen LogP contribution in [0.3, 0.4) is 0 Å². The molecule has 0 amide bonds. The van der Waals surface area contributed by atoms with Gasteiger partial charge in [-0.25, -0.2) is 0 Å². The molecule has 0 fully saturated rings. The van der Waals surface area contributed by atoms with E-state index in [1.54, 1.807) is 5.79 Å². The van der Waals surface area contributed by atoms with E-state index in [1.807, 2.05) is 22.7 Å². The number of ether oxygens (including phenoxy) is 2. The Morgan fingerprint density at radius 1 is 0.526 bits per heavy atom. The van der Waals surface area contributed by atoms with Gasteiger partial charge in [-0.3, -0.25) is 0 Å². The van der Waals surface area contributed by atoms with Crippen molar-refractivity contribution >= 4 is 74.6 Å². The van der Waals surface area contributed by atoms with Gasteiger partial charge in [0.15, 0.2) is 0 Å². The van der Waals surface area contributed by atoms with Crippen LogP contribution in [0.1, 0.15) is 92.9 Å². The van der Waals surface area contributed by atoms with Crippen LogP contribution in [-0.4, -0.2) is 50.0 Å². The average Bonchev–Trinajstić information content (AvgIpc) is 3.30. The van der Waals surface area contributed by atoms with Gasteiger partial charge >= 0.3 is 255 Å². The average molecular weight is 778 g/mol. The van der Waals surface area contributed by atoms with Crippen molar-refractivity contribution in [1.82, 2.24) is 0 Å². The van der Waals surface area contributed by atoms with Crippen LogP contribution >= 0.6 is 22.7 Å². The molecule has 0 aliphatic rings. The molecule has 2 atom stereocenters. The maximum atomic E-state index is 6.74. The first-order valence-electron chi connectivity index (χ1n) is 15.5. The SMILES string of the molecule is CC(C)CCC[C@H](C)CCOc1[c]([Sn]([CH3])([CH3])[CH3])sc2c(OCC[C@@H](C)CCCC(C)C)[c]([Sn]([CH3])([CH3])[CH3])sc12. The summed E-state index contributed by atoms with van der Waals surface area (Å²) in [5.41, 5.74) is 0. The molecular weight excluding hydrogens is 718 g/mol. The molecule has 0 spiro atoms. The zero-order valence-corrected chi connectivity index (χ0v) is 34.4. The number of rotatable bonds is 18. The van der Waals surface area contributed by atoms with Crippen LogP contribution in [0.25, 0.3) is 9.40 Å². The molecule has 0 bridgehead atoms. The van der Waals surface area contributed by atoms with E-state index in [0.29, 0.717) is 0 Å². The first-order valence-corrected chi connectivity index (χ1v) is 37.1. The molecule has 2 rings (SSSR count). The van der Waals surface area contributed by atoms with Crippen molar-refractivity contribution in [2.24, 2.45) is 23.7 Å². The van der Waals surface area contributed by atoms with Crippen molar-refractivity contribution in [3.8, 4) is 11.5 Å². The van der Waals surface area contributed by atoms with Crippen LogP contribution in [0.2, 0.25) is 29.6 Å². The predicted octanol–water partition coefficient (Wildman–Crippen LogP) is 10.5. The van der Waals surface area contributed by atoms with Crippen LogP contribution < -0.4 is 15.3 Å². The zero-order valence-electron chi connectivity index (χ0n) is 27.0. The molecule has 0 aromatic carbocycles. The molecule has 2 nitrogen and oxygen atoms in total. The van der Waals surface area contributed by atoms with Gasteiger partial charge in [-0.1, -0.05) is 0 Å². The molecule has 6 heteroatoms. The number of hydrogen-bond acceptors (Lipinski definition) is 4. The molecule has 0 radical (unpaired) electrons. The normalized spacial score (nSPS) is 14.6. The molecule has 0 aliphatic carbocycles. The van der Waals surface area contributed by atoms with Gasteiger partial charge in [0.2, 0.25) is 0 Å². The van der Waals surface area contributed by atoms with Gasteiger partial charge in [-0.05, 0) is 0 Å². The number of fused-ring (bicyclic) bond motifs is 1. The molecule has 2 aromatic rings. The van der Waals surface area contributed by atoms with E-state index in [2.05, 4.69) is 71.2 Å². The second-order valence-corrected chi connectivity index (χ2v) is 47.5. The molecule has 0 aliphatic heterocycles. The predicted molar refractivity (Wildman–Crippen MR) is 182 cm³/mol. The molecule has 2 heterocycles. The Morgan fingerprint density at radius 3 is 1.16 bits per heavy atom. The Hall–Kier alpha value is 0.857. The Balaban J connectivity index is 2.21. The summed E-state index contributed by atoms with van der Waals surface area (Å²) < 4.78 is 19.5. The van der Waals surface area contributed by atoms with Crippen molar-refractivity contribution < 1.29 is 9.47 Å². The zero-order chi connectivity index (χ0) is 28.7. The van der Waals surface area contributed by atoms with Gasteiger partial charge in [0.05, 0.1) is 0 Å². The third kappa shape index (κ3) is 11.3. The van der Waals surface area contributed by atoms with Crippen molar-refractivity contribution in [1.29, 1.82) is 0 Å². The quantitative estimate of drug-likeness (QED) is 0.140. The Bertz CT molecular complexity index is 885. The standard InChI is InChI=1S/C26H42O2S2.6CH3.2Sn/c1-19(2)9-7-11-21(5)13-15-27-23-17-29-26-24(18-30-25(23)26)28-16-14-22(6)12-8-10-20(3)4;;;;;;;;/h19-22H,7-16H2,1-6H3;6*1H3;;/t21-,22-;;;;;;;;/m0......../s1. The van der Waals surface area contributed by atoms with Gasteiger partial charge in [-0.2, -0.15) is 0 Å². The Morgan fingerprint density at radius 2 is 0.868 bits per heavy atom. The van der Waals surface area contributed by atoms with Crippen molar-refractivity contribution in [3.63, 3.8) is 0 Å². The summed E-state index contributed by atoms with van der Waals surface area (Å²) >= 11 is -0.636. The summed E-state index contributed by atoms with van der Waals surface area (Å²) in [6, 6.07) is 0. The first-order chi connectivity index (χ1) is 17.6. The van der Waals surface area contributed by atoms with E-state index in [1.165, 1.54) is 59.4 Å². The molecule has 0 N–H and O–H groups in total. The fourth-order valence-electron chi connectivity index (χ4n) is 4.91. The Labute approximate surface area is 252 Å². The fraction of sp³-hybridized carbons (Fsp3) is 0.812. The topological polar surface area (TPSA) is 18.5 Å². The Kier molecular flexibility index (Phi) is 14.7. The summed E-state index contributed by atoms with van der Waals surface area (Å²) in [7, 11) is 0. The van der Waals surface area contributed by atoms with Crippen LogP contribution in [0, 0.1) is 23.7 Å². The van der Waals surface area contributed by atoms with Crippen LogP contribution in [0.15, 0.2) is 0 Å². The van der Waals surface area contributed by atoms with Crippen LogP contribution in [0.4, 0.5) is 0 Å². The van der Waals surface area contributed by atoms with Crippen LogP contribution in [0.5, 0.6) is 11.5 Å². The molecule has 0 unspecified atom stereocenters. The van der Waals surface area contributed by atoms with E-state index in [-0.39, 0.29) is 0 Å². The van der Waals surface area contributed by atoms with Crippen molar-refractivity contribution in [2.75, 3.05) is 13.2 Å². The van der Waals surface area contributed by atoms with Crippen molar-refractivity contribution in [2.45, 2.75) is 123 Å². The summed E-state index contributed by atoms with van der Waals surface area (Å²) in [5.74, 6) is 5.59. The van der Waals surface area contributed by atoms with E-state index in [9.17, 15) is 0 Å². The maximum absolute atomic E-state index is 6.74. The molecule has 0 saturated heterocycles. The third-order valence-corrected chi connectivity index (χ3v) is 28.6. The van der Waals surface area contributed by atoms with Gasteiger partial charge < -0.3 is 0 Å². The van der Waals surface area contributed by atoms with Gasteiger partial charge in [-0.15, -0.1) is 0 Å². The molecule has 38 heavy (non-hydrogen) atoms. The second-order valence-electron chi connectivity index (χ2n) is 14.8. The van der Waals surface area contributed by atoms with E-state index in [0.717, 1.165) is 49.7 Å². The second kappa shape index (κ2) is 15.9. The third-order valence-electron chi connectivity index (χ3n) is 7.47. The van der Waals surface area contributed by atoms with Crippen molar-refractivity contribution in [3.05, 3.63) is 0 Å². The molecule has 220 valence electrons. The minimum absolute atomic E-state index is 0.732. The molecule has 2 aromatic heterocycles. The molecule has 0 saturated carbocycles. The summed E-state index contributed by atoms with van der Waals surface area (Å²) in [4.78, 5) is 15.2. The van der Waals surface area contributed by atoms with Gasteiger partial charge in [0.25, 0.3) is 0 Å². The summed E-state index contributed by atoms with van der Waals surface area (Å²) in [5, 5.41) is 0. The first kappa shape index (κ1) is 35.1. The van der Waals surface area contributed by atoms with Gasteiger partial charge in [0, 0.05) is 0 Å². The van der Waals surface area contributed by atoms with E-state index in [4.69, 9.17) is 9.47 Å². The van der Waals surface area contributed by atoms with E-state index < -0.39 is 36.8 Å². The van der Waals surface area contributed by atoms with Gasteiger partial charge in [0.1, 0.15) is 0 Å². The monoisotopic (exact) mass is 780 g/mol.